The molecular weight excluding hydrogens is 263 g/mol. The van der Waals surface area contributed by atoms with Crippen LogP contribution in [0.2, 0.25) is 0 Å². The summed E-state index contributed by atoms with van der Waals surface area (Å²) in [5.41, 5.74) is 5.59. The average Bonchev–Trinajstić information content (AvgIpc) is 2.38. The molecule has 0 aromatic heterocycles. The van der Waals surface area contributed by atoms with Crippen molar-refractivity contribution in [1.82, 2.24) is 5.32 Å². The van der Waals surface area contributed by atoms with Crippen molar-refractivity contribution in [2.45, 2.75) is 33.2 Å². The molecule has 0 atom stereocenters. The number of nitrogens with two attached hydrogens (primary N) is 1. The largest absolute Gasteiger partial charge is 0.392 e. The Labute approximate surface area is 118 Å². The number of benzene rings is 1. The molecule has 3 N–H and O–H groups in total. The molecule has 0 saturated carbocycles. The molecule has 104 valence electrons. The Morgan fingerprint density at radius 3 is 2.53 bits per heavy atom. The van der Waals surface area contributed by atoms with Crippen molar-refractivity contribution in [2.24, 2.45) is 11.1 Å². The summed E-state index contributed by atoms with van der Waals surface area (Å²) in [7, 11) is 0. The van der Waals surface area contributed by atoms with Gasteiger partial charge >= 0.3 is 0 Å². The lowest BCUT2D eigenvalue weighted by molar-refractivity contribution is -0.128. The van der Waals surface area contributed by atoms with E-state index in [0.717, 1.165) is 0 Å². The molecule has 1 aromatic carbocycles. The fourth-order valence-electron chi connectivity index (χ4n) is 2.03. The molecule has 0 spiro atoms. The quantitative estimate of drug-likeness (QED) is 0.788. The minimum absolute atomic E-state index is 0.200. The predicted octanol–water partition coefficient (Wildman–Crippen LogP) is 2.53. The third-order valence-electron chi connectivity index (χ3n) is 3.46. The number of thiocarbonyl (C=S) groups is 1. The Hall–Kier alpha value is -1.49. The van der Waals surface area contributed by atoms with Crippen molar-refractivity contribution in [1.29, 1.82) is 0 Å². The number of amides is 1. The molecule has 1 aromatic rings. The molecule has 19 heavy (non-hydrogen) atoms. The predicted molar refractivity (Wildman–Crippen MR) is 78.0 cm³/mol. The third kappa shape index (κ3) is 3.50. The van der Waals surface area contributed by atoms with Crippen molar-refractivity contribution in [2.75, 3.05) is 0 Å². The van der Waals surface area contributed by atoms with Gasteiger partial charge in [0.15, 0.2) is 0 Å². The second-order valence-corrected chi connectivity index (χ2v) is 4.91. The van der Waals surface area contributed by atoms with Crippen LogP contribution in [0.1, 0.15) is 32.3 Å². The van der Waals surface area contributed by atoms with Crippen molar-refractivity contribution < 1.29 is 9.18 Å². The van der Waals surface area contributed by atoms with E-state index in [1.807, 2.05) is 13.8 Å². The molecule has 0 aliphatic heterocycles. The topological polar surface area (TPSA) is 55.1 Å². The number of carbonyl (C=O) groups excluding carboxylic acids is 1. The highest BCUT2D eigenvalue weighted by atomic mass is 32.1. The third-order valence-corrected chi connectivity index (χ3v) is 3.85. The summed E-state index contributed by atoms with van der Waals surface area (Å²) in [6.07, 6.45) is 1.10. The van der Waals surface area contributed by atoms with Crippen molar-refractivity contribution in [3.05, 3.63) is 35.6 Å². The zero-order chi connectivity index (χ0) is 14.5. The van der Waals surface area contributed by atoms with Gasteiger partial charge in [-0.2, -0.15) is 0 Å². The lowest BCUT2D eigenvalue weighted by atomic mass is 9.81. The Morgan fingerprint density at radius 1 is 1.42 bits per heavy atom. The normalized spacial score (nSPS) is 11.1. The van der Waals surface area contributed by atoms with E-state index in [-0.39, 0.29) is 23.3 Å². The van der Waals surface area contributed by atoms with Gasteiger partial charge in [0.25, 0.3) is 0 Å². The molecule has 0 radical (unpaired) electrons. The summed E-state index contributed by atoms with van der Waals surface area (Å²) in [4.78, 5) is 12.5. The Bertz CT molecular complexity index is 472. The molecule has 0 aliphatic carbocycles. The molecule has 1 amide bonds. The molecule has 0 aliphatic rings. The highest BCUT2D eigenvalue weighted by Gasteiger charge is 2.37. The van der Waals surface area contributed by atoms with E-state index in [1.165, 1.54) is 12.1 Å². The minimum Gasteiger partial charge on any atom is -0.392 e. The maximum absolute atomic E-state index is 13.0. The first-order chi connectivity index (χ1) is 8.96. The van der Waals surface area contributed by atoms with Gasteiger partial charge in [-0.1, -0.05) is 38.2 Å². The summed E-state index contributed by atoms with van der Waals surface area (Å²) in [6, 6.07) is 6.12. The van der Waals surface area contributed by atoms with Gasteiger partial charge in [-0.05, 0) is 30.5 Å². The van der Waals surface area contributed by atoms with Crippen LogP contribution < -0.4 is 11.1 Å². The summed E-state index contributed by atoms with van der Waals surface area (Å²) < 4.78 is 13.0. The van der Waals surface area contributed by atoms with Crippen LogP contribution >= 0.6 is 12.2 Å². The van der Waals surface area contributed by atoms with Gasteiger partial charge in [0, 0.05) is 6.54 Å². The molecule has 1 rings (SSSR count). The van der Waals surface area contributed by atoms with Gasteiger partial charge in [-0.3, -0.25) is 4.79 Å². The number of rotatable bonds is 6. The zero-order valence-corrected chi connectivity index (χ0v) is 12.0. The van der Waals surface area contributed by atoms with E-state index < -0.39 is 5.41 Å². The first-order valence-corrected chi connectivity index (χ1v) is 6.69. The van der Waals surface area contributed by atoms with Crippen molar-refractivity contribution in [3.63, 3.8) is 0 Å². The van der Waals surface area contributed by atoms with Crippen LogP contribution in [0, 0.1) is 11.2 Å². The summed E-state index contributed by atoms with van der Waals surface area (Å²) in [5.74, 6) is -0.521. The van der Waals surface area contributed by atoms with E-state index in [2.05, 4.69) is 5.32 Å². The van der Waals surface area contributed by atoms with Crippen molar-refractivity contribution >= 4 is 23.1 Å². The van der Waals surface area contributed by atoms with Crippen LogP contribution in [0.25, 0.3) is 0 Å². The van der Waals surface area contributed by atoms with Crippen molar-refractivity contribution in [3.8, 4) is 0 Å². The smallest absolute Gasteiger partial charge is 0.233 e. The second kappa shape index (κ2) is 6.61. The fourth-order valence-corrected chi connectivity index (χ4v) is 2.41. The van der Waals surface area contributed by atoms with Crippen LogP contribution in [0.4, 0.5) is 4.39 Å². The standard InChI is InChI=1S/C14H19FN2OS/c1-3-14(4-2,12(16)19)13(18)17-9-10-6-5-7-11(15)8-10/h5-8H,3-4,9H2,1-2H3,(H2,16,19)(H,17,18). The minimum atomic E-state index is -0.817. The highest BCUT2D eigenvalue weighted by Crippen LogP contribution is 2.27. The Morgan fingerprint density at radius 2 is 2.05 bits per heavy atom. The SMILES string of the molecule is CCC(CC)(C(=O)NCc1cccc(F)c1)C(N)=S. The van der Waals surface area contributed by atoms with E-state index in [9.17, 15) is 9.18 Å². The van der Waals surface area contributed by atoms with Crippen LogP contribution in [-0.4, -0.2) is 10.9 Å². The number of halogens is 1. The maximum atomic E-state index is 13.0. The Kier molecular flexibility index (Phi) is 5.42. The lowest BCUT2D eigenvalue weighted by Crippen LogP contribution is -2.48. The maximum Gasteiger partial charge on any atom is 0.233 e. The molecule has 0 unspecified atom stereocenters. The number of nitrogens with one attached hydrogen (secondary N) is 1. The molecule has 3 nitrogen and oxygen atoms in total. The monoisotopic (exact) mass is 282 g/mol. The van der Waals surface area contributed by atoms with Gasteiger partial charge in [0.1, 0.15) is 5.82 Å². The summed E-state index contributed by atoms with van der Waals surface area (Å²) in [5, 5.41) is 2.78. The van der Waals surface area contributed by atoms with E-state index in [1.54, 1.807) is 12.1 Å². The Balaban J connectivity index is 2.76. The molecule has 0 heterocycles. The van der Waals surface area contributed by atoms with E-state index in [4.69, 9.17) is 18.0 Å². The van der Waals surface area contributed by atoms with Crippen LogP contribution in [0.3, 0.4) is 0 Å². The van der Waals surface area contributed by atoms with Gasteiger partial charge in [-0.25, -0.2) is 4.39 Å². The summed E-state index contributed by atoms with van der Waals surface area (Å²) in [6.45, 7) is 4.02. The lowest BCUT2D eigenvalue weighted by Gasteiger charge is -2.28. The van der Waals surface area contributed by atoms with Gasteiger partial charge < -0.3 is 11.1 Å². The van der Waals surface area contributed by atoms with Crippen LogP contribution in [0.15, 0.2) is 24.3 Å². The number of hydrogen-bond acceptors (Lipinski definition) is 2. The van der Waals surface area contributed by atoms with Gasteiger partial charge in [-0.15, -0.1) is 0 Å². The van der Waals surface area contributed by atoms with Crippen LogP contribution in [-0.2, 0) is 11.3 Å². The second-order valence-electron chi connectivity index (χ2n) is 4.47. The summed E-state index contributed by atoms with van der Waals surface area (Å²) >= 11 is 5.01. The van der Waals surface area contributed by atoms with E-state index >= 15 is 0 Å². The average molecular weight is 282 g/mol. The first kappa shape index (κ1) is 15.6. The zero-order valence-electron chi connectivity index (χ0n) is 11.2. The molecule has 0 fully saturated rings. The van der Waals surface area contributed by atoms with Gasteiger partial charge in [0.2, 0.25) is 5.91 Å². The molecule has 5 heteroatoms. The van der Waals surface area contributed by atoms with E-state index in [0.29, 0.717) is 18.4 Å². The molecule has 0 saturated heterocycles. The molecular formula is C14H19FN2OS. The van der Waals surface area contributed by atoms with Gasteiger partial charge in [0.05, 0.1) is 10.4 Å². The number of hydrogen-bond donors (Lipinski definition) is 2. The first-order valence-electron chi connectivity index (χ1n) is 6.29. The number of carbonyl (C=O) groups is 1. The highest BCUT2D eigenvalue weighted by molar-refractivity contribution is 7.80. The van der Waals surface area contributed by atoms with Crippen LogP contribution in [0.5, 0.6) is 0 Å². The fraction of sp³-hybridized carbons (Fsp3) is 0.429. The molecule has 0 bridgehead atoms.